The van der Waals surface area contributed by atoms with Gasteiger partial charge in [-0.15, -0.1) is 0 Å². The topological polar surface area (TPSA) is 27.3 Å². The molecule has 2 aliphatic rings. The van der Waals surface area contributed by atoms with E-state index in [1.165, 1.54) is 43.7 Å². The highest BCUT2D eigenvalue weighted by molar-refractivity contribution is 5.55. The lowest BCUT2D eigenvalue weighted by atomic mass is 9.99. The van der Waals surface area contributed by atoms with E-state index in [1.54, 1.807) is 0 Å². The van der Waals surface area contributed by atoms with Crippen LogP contribution in [0.5, 0.6) is 0 Å². The van der Waals surface area contributed by atoms with Crippen LogP contribution in [0, 0.1) is 5.92 Å². The fourth-order valence-corrected chi connectivity index (χ4v) is 3.05. The molecule has 2 N–H and O–H groups in total. The number of piperidine rings is 1. The van der Waals surface area contributed by atoms with E-state index in [4.69, 9.17) is 0 Å². The molecule has 19 heavy (non-hydrogen) atoms. The fourth-order valence-electron chi connectivity index (χ4n) is 3.05. The molecule has 0 saturated carbocycles. The van der Waals surface area contributed by atoms with Crippen LogP contribution in [0.25, 0.3) is 0 Å². The third kappa shape index (κ3) is 3.21. The predicted octanol–water partition coefficient (Wildman–Crippen LogP) is 2.70. The molecule has 0 aromatic heterocycles. The third-order valence-corrected chi connectivity index (χ3v) is 4.45. The number of hydrogen-bond acceptors (Lipinski definition) is 3. The molecule has 2 aliphatic heterocycles. The summed E-state index contributed by atoms with van der Waals surface area (Å²) >= 11 is 0. The second kappa shape index (κ2) is 5.83. The maximum absolute atomic E-state index is 3.60. The monoisotopic (exact) mass is 259 g/mol. The van der Waals surface area contributed by atoms with Gasteiger partial charge in [-0.2, -0.15) is 0 Å². The van der Waals surface area contributed by atoms with Gasteiger partial charge in [0.1, 0.15) is 0 Å². The van der Waals surface area contributed by atoms with Gasteiger partial charge in [-0.3, -0.25) is 0 Å². The first kappa shape index (κ1) is 12.8. The van der Waals surface area contributed by atoms with Crippen molar-refractivity contribution in [2.45, 2.75) is 32.2 Å². The number of rotatable bonds is 3. The largest absolute Gasteiger partial charge is 0.381 e. The minimum atomic E-state index is 0.599. The highest BCUT2D eigenvalue weighted by Gasteiger charge is 2.16. The molecule has 1 unspecified atom stereocenters. The Hall–Kier alpha value is -1.22. The number of nitrogens with zero attached hydrogens (tertiary/aromatic N) is 1. The summed E-state index contributed by atoms with van der Waals surface area (Å²) in [6.45, 7) is 7.01. The van der Waals surface area contributed by atoms with Crippen LogP contribution >= 0.6 is 0 Å². The highest BCUT2D eigenvalue weighted by atomic mass is 15.1. The molecule has 3 rings (SSSR count). The Balaban J connectivity index is 1.58. The van der Waals surface area contributed by atoms with Crippen molar-refractivity contribution >= 4 is 11.4 Å². The van der Waals surface area contributed by atoms with Crippen molar-refractivity contribution in [1.82, 2.24) is 5.32 Å². The van der Waals surface area contributed by atoms with Gasteiger partial charge in [-0.05, 0) is 56.0 Å². The van der Waals surface area contributed by atoms with Gasteiger partial charge in [-0.1, -0.05) is 6.92 Å². The van der Waals surface area contributed by atoms with E-state index < -0.39 is 0 Å². The van der Waals surface area contributed by atoms with Gasteiger partial charge >= 0.3 is 0 Å². The van der Waals surface area contributed by atoms with Crippen molar-refractivity contribution in [2.75, 3.05) is 36.4 Å². The maximum Gasteiger partial charge on any atom is 0.0398 e. The second-order valence-electron chi connectivity index (χ2n) is 6.05. The van der Waals surface area contributed by atoms with Crippen LogP contribution in [-0.2, 0) is 0 Å². The van der Waals surface area contributed by atoms with Crippen LogP contribution in [-0.4, -0.2) is 32.2 Å². The lowest BCUT2D eigenvalue weighted by Crippen LogP contribution is -2.32. The molecule has 2 saturated heterocycles. The van der Waals surface area contributed by atoms with E-state index in [9.17, 15) is 0 Å². The SMILES string of the molecule is CC1CCN(c2ccc(NC3CCNC3)cc2)CC1. The minimum absolute atomic E-state index is 0.599. The van der Waals surface area contributed by atoms with Crippen molar-refractivity contribution in [3.8, 4) is 0 Å². The summed E-state index contributed by atoms with van der Waals surface area (Å²) < 4.78 is 0. The van der Waals surface area contributed by atoms with Gasteiger partial charge in [-0.25, -0.2) is 0 Å². The van der Waals surface area contributed by atoms with Crippen LogP contribution in [0.3, 0.4) is 0 Å². The van der Waals surface area contributed by atoms with Crippen LogP contribution in [0.15, 0.2) is 24.3 Å². The first-order valence-corrected chi connectivity index (χ1v) is 7.63. The summed E-state index contributed by atoms with van der Waals surface area (Å²) in [4.78, 5) is 2.51. The molecule has 0 bridgehead atoms. The Morgan fingerprint density at radius 3 is 2.47 bits per heavy atom. The van der Waals surface area contributed by atoms with Gasteiger partial charge in [0, 0.05) is 37.1 Å². The number of benzene rings is 1. The normalized spacial score (nSPS) is 24.7. The van der Waals surface area contributed by atoms with Gasteiger partial charge in [0.25, 0.3) is 0 Å². The zero-order valence-corrected chi connectivity index (χ0v) is 11.9. The van der Waals surface area contributed by atoms with E-state index in [1.807, 2.05) is 0 Å². The van der Waals surface area contributed by atoms with Crippen molar-refractivity contribution in [3.63, 3.8) is 0 Å². The average molecular weight is 259 g/mol. The van der Waals surface area contributed by atoms with Crippen LogP contribution in [0.1, 0.15) is 26.2 Å². The lowest BCUT2D eigenvalue weighted by molar-refractivity contribution is 0.438. The maximum atomic E-state index is 3.60. The highest BCUT2D eigenvalue weighted by Crippen LogP contribution is 2.24. The Morgan fingerprint density at radius 2 is 1.84 bits per heavy atom. The predicted molar refractivity (Wildman–Crippen MR) is 82.0 cm³/mol. The molecule has 0 spiro atoms. The molecular weight excluding hydrogens is 234 g/mol. The molecule has 1 atom stereocenters. The Morgan fingerprint density at radius 1 is 1.11 bits per heavy atom. The Labute approximate surface area is 116 Å². The van der Waals surface area contributed by atoms with Gasteiger partial charge < -0.3 is 15.5 Å². The first-order valence-electron chi connectivity index (χ1n) is 7.63. The minimum Gasteiger partial charge on any atom is -0.381 e. The van der Waals surface area contributed by atoms with Crippen LogP contribution in [0.4, 0.5) is 11.4 Å². The second-order valence-corrected chi connectivity index (χ2v) is 6.05. The van der Waals surface area contributed by atoms with E-state index in [2.05, 4.69) is 46.7 Å². The molecular formula is C16H25N3. The summed E-state index contributed by atoms with van der Waals surface area (Å²) in [5.41, 5.74) is 2.63. The van der Waals surface area contributed by atoms with Crippen molar-refractivity contribution in [2.24, 2.45) is 5.92 Å². The van der Waals surface area contributed by atoms with E-state index in [0.29, 0.717) is 6.04 Å². The first-order chi connectivity index (χ1) is 9.31. The molecule has 1 aromatic carbocycles. The van der Waals surface area contributed by atoms with E-state index in [0.717, 1.165) is 19.0 Å². The van der Waals surface area contributed by atoms with Gasteiger partial charge in [0.05, 0.1) is 0 Å². The molecule has 3 heteroatoms. The molecule has 0 amide bonds. The van der Waals surface area contributed by atoms with Gasteiger partial charge in [0.2, 0.25) is 0 Å². The van der Waals surface area contributed by atoms with Crippen LogP contribution < -0.4 is 15.5 Å². The van der Waals surface area contributed by atoms with E-state index in [-0.39, 0.29) is 0 Å². The molecule has 104 valence electrons. The summed E-state index contributed by atoms with van der Waals surface area (Å²) in [5.74, 6) is 0.895. The lowest BCUT2D eigenvalue weighted by Gasteiger charge is -2.32. The third-order valence-electron chi connectivity index (χ3n) is 4.45. The zero-order chi connectivity index (χ0) is 13.1. The fraction of sp³-hybridized carbons (Fsp3) is 0.625. The molecule has 0 aliphatic carbocycles. The molecule has 1 aromatic rings. The molecule has 2 fully saturated rings. The van der Waals surface area contributed by atoms with Crippen molar-refractivity contribution in [3.05, 3.63) is 24.3 Å². The quantitative estimate of drug-likeness (QED) is 0.874. The molecule has 0 radical (unpaired) electrons. The van der Waals surface area contributed by atoms with Crippen molar-refractivity contribution in [1.29, 1.82) is 0 Å². The molecule has 3 nitrogen and oxygen atoms in total. The van der Waals surface area contributed by atoms with E-state index >= 15 is 0 Å². The van der Waals surface area contributed by atoms with Crippen molar-refractivity contribution < 1.29 is 0 Å². The zero-order valence-electron chi connectivity index (χ0n) is 11.9. The Kier molecular flexibility index (Phi) is 3.92. The summed E-state index contributed by atoms with van der Waals surface area (Å²) in [7, 11) is 0. The Bertz CT molecular complexity index is 387. The van der Waals surface area contributed by atoms with Crippen LogP contribution in [0.2, 0.25) is 0 Å². The number of nitrogens with one attached hydrogen (secondary N) is 2. The average Bonchev–Trinajstić information content (AvgIpc) is 2.94. The summed E-state index contributed by atoms with van der Waals surface area (Å²) in [6.07, 6.45) is 3.88. The number of anilines is 2. The summed E-state index contributed by atoms with van der Waals surface area (Å²) in [5, 5.41) is 6.99. The standard InChI is InChI=1S/C16H25N3/c1-13-7-10-19(11-8-13)16-4-2-14(3-5-16)18-15-6-9-17-12-15/h2-5,13,15,17-18H,6-12H2,1H3. The van der Waals surface area contributed by atoms with Gasteiger partial charge in [0.15, 0.2) is 0 Å². The number of hydrogen-bond donors (Lipinski definition) is 2. The molecule has 2 heterocycles. The smallest absolute Gasteiger partial charge is 0.0398 e. The summed E-state index contributed by atoms with van der Waals surface area (Å²) in [6, 6.07) is 9.58.